The molecule has 0 spiro atoms. The lowest BCUT2D eigenvalue weighted by atomic mass is 9.99. The first kappa shape index (κ1) is 16.3. The van der Waals surface area contributed by atoms with Crippen LogP contribution in [0.5, 0.6) is 0 Å². The standard InChI is InChI=1S/C14H19ClN2O.ClH/c1-10-4-2-6-12(13(10)15)14(18)17-9-11-5-3-7-16-8-11;/h2,4,6,11,16H,3,5,7-9H2,1H3,(H,17,18);1H. The smallest absolute Gasteiger partial charge is 0.252 e. The van der Waals surface area contributed by atoms with Crippen LogP contribution < -0.4 is 10.6 Å². The van der Waals surface area contributed by atoms with Gasteiger partial charge in [-0.3, -0.25) is 4.79 Å². The highest BCUT2D eigenvalue weighted by atomic mass is 35.5. The highest BCUT2D eigenvalue weighted by Crippen LogP contribution is 2.20. The molecule has 1 aliphatic heterocycles. The van der Waals surface area contributed by atoms with Gasteiger partial charge in [0.15, 0.2) is 0 Å². The van der Waals surface area contributed by atoms with E-state index in [1.54, 1.807) is 6.07 Å². The van der Waals surface area contributed by atoms with Gasteiger partial charge in [0.1, 0.15) is 0 Å². The lowest BCUT2D eigenvalue weighted by molar-refractivity contribution is 0.0945. The van der Waals surface area contributed by atoms with Crippen molar-refractivity contribution in [2.75, 3.05) is 19.6 Å². The zero-order valence-corrected chi connectivity index (χ0v) is 12.6. The van der Waals surface area contributed by atoms with E-state index in [9.17, 15) is 4.79 Å². The molecule has 1 aliphatic rings. The van der Waals surface area contributed by atoms with Gasteiger partial charge in [0.05, 0.1) is 10.6 Å². The van der Waals surface area contributed by atoms with Crippen molar-refractivity contribution < 1.29 is 4.79 Å². The van der Waals surface area contributed by atoms with E-state index in [-0.39, 0.29) is 18.3 Å². The van der Waals surface area contributed by atoms with Gasteiger partial charge in [-0.25, -0.2) is 0 Å². The van der Waals surface area contributed by atoms with Crippen LogP contribution in [0, 0.1) is 12.8 Å². The molecule has 0 bridgehead atoms. The topological polar surface area (TPSA) is 41.1 Å². The predicted molar refractivity (Wildman–Crippen MR) is 81.4 cm³/mol. The van der Waals surface area contributed by atoms with Crippen molar-refractivity contribution in [2.24, 2.45) is 5.92 Å². The van der Waals surface area contributed by atoms with Crippen LogP contribution in [0.4, 0.5) is 0 Å². The predicted octanol–water partition coefficient (Wildman–Crippen LogP) is 2.80. The second-order valence-corrected chi connectivity index (χ2v) is 5.24. The van der Waals surface area contributed by atoms with Crippen LogP contribution in [0.3, 0.4) is 0 Å². The molecule has 0 aromatic heterocycles. The molecule has 1 unspecified atom stereocenters. The first-order valence-corrected chi connectivity index (χ1v) is 6.80. The lowest BCUT2D eigenvalue weighted by Crippen LogP contribution is -2.38. The van der Waals surface area contributed by atoms with Crippen molar-refractivity contribution in [1.82, 2.24) is 10.6 Å². The summed E-state index contributed by atoms with van der Waals surface area (Å²) < 4.78 is 0. The number of amides is 1. The second kappa shape index (κ2) is 7.73. The second-order valence-electron chi connectivity index (χ2n) is 4.86. The molecule has 0 aliphatic carbocycles. The van der Waals surface area contributed by atoms with Gasteiger partial charge in [0.25, 0.3) is 5.91 Å². The number of aryl methyl sites for hydroxylation is 1. The molecule has 3 nitrogen and oxygen atoms in total. The fourth-order valence-corrected chi connectivity index (χ4v) is 2.47. The van der Waals surface area contributed by atoms with E-state index < -0.39 is 0 Å². The van der Waals surface area contributed by atoms with Crippen molar-refractivity contribution in [1.29, 1.82) is 0 Å². The average Bonchev–Trinajstić information content (AvgIpc) is 2.40. The fourth-order valence-electron chi connectivity index (χ4n) is 2.25. The molecular formula is C14H20Cl2N2O. The van der Waals surface area contributed by atoms with Gasteiger partial charge < -0.3 is 10.6 Å². The first-order chi connectivity index (χ1) is 8.68. The van der Waals surface area contributed by atoms with Crippen molar-refractivity contribution in [3.05, 3.63) is 34.3 Å². The van der Waals surface area contributed by atoms with Crippen LogP contribution in [0.25, 0.3) is 0 Å². The quantitative estimate of drug-likeness (QED) is 0.901. The highest BCUT2D eigenvalue weighted by Gasteiger charge is 2.16. The zero-order chi connectivity index (χ0) is 13.0. The monoisotopic (exact) mass is 302 g/mol. The van der Waals surface area contributed by atoms with Gasteiger partial charge >= 0.3 is 0 Å². The van der Waals surface area contributed by atoms with Crippen molar-refractivity contribution in [3.8, 4) is 0 Å². The summed E-state index contributed by atoms with van der Waals surface area (Å²) in [5.41, 5.74) is 1.50. The zero-order valence-electron chi connectivity index (χ0n) is 11.0. The molecule has 1 heterocycles. The third-order valence-corrected chi connectivity index (χ3v) is 3.89. The number of carbonyl (C=O) groups is 1. The molecule has 0 radical (unpaired) electrons. The maximum Gasteiger partial charge on any atom is 0.252 e. The number of hydrogen-bond acceptors (Lipinski definition) is 2. The van der Waals surface area contributed by atoms with Gasteiger partial charge in [-0.1, -0.05) is 23.7 Å². The molecular weight excluding hydrogens is 283 g/mol. The van der Waals surface area contributed by atoms with E-state index in [1.165, 1.54) is 12.8 Å². The summed E-state index contributed by atoms with van der Waals surface area (Å²) in [5.74, 6) is 0.459. The fraction of sp³-hybridized carbons (Fsp3) is 0.500. The Bertz CT molecular complexity index is 431. The first-order valence-electron chi connectivity index (χ1n) is 6.42. The molecule has 1 atom stereocenters. The summed E-state index contributed by atoms with van der Waals surface area (Å²) in [5, 5.41) is 6.87. The molecule has 1 aromatic rings. The summed E-state index contributed by atoms with van der Waals surface area (Å²) in [6.45, 7) is 4.70. The van der Waals surface area contributed by atoms with Gasteiger partial charge in [-0.05, 0) is 50.4 Å². The van der Waals surface area contributed by atoms with Crippen LogP contribution in [-0.2, 0) is 0 Å². The van der Waals surface area contributed by atoms with Crippen LogP contribution in [0.2, 0.25) is 5.02 Å². The number of hydrogen-bond donors (Lipinski definition) is 2. The van der Waals surface area contributed by atoms with Gasteiger partial charge in [0.2, 0.25) is 0 Å². The summed E-state index contributed by atoms with van der Waals surface area (Å²) in [4.78, 5) is 12.0. The number of carbonyl (C=O) groups excluding carboxylic acids is 1. The van der Waals surface area contributed by atoms with Crippen LogP contribution >= 0.6 is 24.0 Å². The third kappa shape index (κ3) is 4.37. The van der Waals surface area contributed by atoms with Crippen LogP contribution in [0.1, 0.15) is 28.8 Å². The number of rotatable bonds is 3. The SMILES string of the molecule is Cc1cccc(C(=O)NCC2CCCNC2)c1Cl.Cl. The van der Waals surface area contributed by atoms with E-state index in [4.69, 9.17) is 11.6 Å². The summed E-state index contributed by atoms with van der Waals surface area (Å²) >= 11 is 6.14. The Morgan fingerprint density at radius 2 is 2.32 bits per heavy atom. The molecule has 5 heteroatoms. The lowest BCUT2D eigenvalue weighted by Gasteiger charge is -2.23. The highest BCUT2D eigenvalue weighted by molar-refractivity contribution is 6.34. The molecule has 1 aromatic carbocycles. The number of nitrogens with one attached hydrogen (secondary N) is 2. The van der Waals surface area contributed by atoms with Crippen molar-refractivity contribution in [3.63, 3.8) is 0 Å². The Balaban J connectivity index is 0.00000180. The Morgan fingerprint density at radius 1 is 1.53 bits per heavy atom. The Kier molecular flexibility index (Phi) is 6.63. The normalized spacial score (nSPS) is 18.5. The third-order valence-electron chi connectivity index (χ3n) is 3.39. The van der Waals surface area contributed by atoms with E-state index >= 15 is 0 Å². The molecule has 19 heavy (non-hydrogen) atoms. The minimum absolute atomic E-state index is 0. The van der Waals surface area contributed by atoms with Crippen LogP contribution in [-0.4, -0.2) is 25.5 Å². The van der Waals surface area contributed by atoms with E-state index in [1.807, 2.05) is 19.1 Å². The summed E-state index contributed by atoms with van der Waals surface area (Å²) in [6, 6.07) is 5.53. The van der Waals surface area contributed by atoms with Crippen molar-refractivity contribution in [2.45, 2.75) is 19.8 Å². The molecule has 2 rings (SSSR count). The van der Waals surface area contributed by atoms with E-state index in [0.29, 0.717) is 16.5 Å². The van der Waals surface area contributed by atoms with Crippen LogP contribution in [0.15, 0.2) is 18.2 Å². The Hall–Kier alpha value is -0.770. The van der Waals surface area contributed by atoms with E-state index in [0.717, 1.165) is 25.2 Å². The Morgan fingerprint density at radius 3 is 3.00 bits per heavy atom. The molecule has 2 N–H and O–H groups in total. The number of halogens is 2. The van der Waals surface area contributed by atoms with E-state index in [2.05, 4.69) is 10.6 Å². The average molecular weight is 303 g/mol. The molecule has 1 amide bonds. The summed E-state index contributed by atoms with van der Waals surface area (Å²) in [6.07, 6.45) is 2.36. The van der Waals surface area contributed by atoms with Crippen molar-refractivity contribution >= 4 is 29.9 Å². The number of benzene rings is 1. The minimum atomic E-state index is -0.0747. The molecule has 106 valence electrons. The molecule has 1 fully saturated rings. The van der Waals surface area contributed by atoms with Gasteiger partial charge in [0, 0.05) is 6.54 Å². The minimum Gasteiger partial charge on any atom is -0.352 e. The van der Waals surface area contributed by atoms with Gasteiger partial charge in [-0.15, -0.1) is 12.4 Å². The number of piperidine rings is 1. The maximum atomic E-state index is 12.0. The Labute approximate surface area is 125 Å². The largest absolute Gasteiger partial charge is 0.352 e. The maximum absolute atomic E-state index is 12.0. The molecule has 1 saturated heterocycles. The molecule has 0 saturated carbocycles. The van der Waals surface area contributed by atoms with Gasteiger partial charge in [-0.2, -0.15) is 0 Å². The summed E-state index contributed by atoms with van der Waals surface area (Å²) in [7, 11) is 0.